The Hall–Kier alpha value is -1.69. The van der Waals surface area contributed by atoms with Gasteiger partial charge in [-0.1, -0.05) is 37.7 Å². The monoisotopic (exact) mass is 304 g/mol. The van der Waals surface area contributed by atoms with Crippen molar-refractivity contribution in [3.05, 3.63) is 35.7 Å². The zero-order chi connectivity index (χ0) is 14.8. The minimum absolute atomic E-state index is 0.260. The fourth-order valence-electron chi connectivity index (χ4n) is 2.38. The van der Waals surface area contributed by atoms with Crippen molar-refractivity contribution in [1.82, 2.24) is 14.9 Å². The number of ether oxygens (including phenoxy) is 1. The molecule has 1 aliphatic heterocycles. The van der Waals surface area contributed by atoms with Crippen LogP contribution in [0.3, 0.4) is 0 Å². The average Bonchev–Trinajstić information content (AvgIpc) is 2.89. The first kappa shape index (κ1) is 14.3. The first-order valence-electron chi connectivity index (χ1n) is 7.15. The Morgan fingerprint density at radius 2 is 2.10 bits per heavy atom. The Bertz CT molecular complexity index is 609. The number of fused-ring (bicyclic) bond motifs is 1. The van der Waals surface area contributed by atoms with Crippen molar-refractivity contribution < 1.29 is 4.74 Å². The normalized spacial score (nSPS) is 17.4. The van der Waals surface area contributed by atoms with Crippen LogP contribution in [0, 0.1) is 5.92 Å². The molecule has 1 N–H and O–H groups in total. The maximum Gasteiger partial charge on any atom is 0.210 e. The third kappa shape index (κ3) is 3.00. The van der Waals surface area contributed by atoms with Gasteiger partial charge >= 0.3 is 0 Å². The fourth-order valence-corrected chi connectivity index (χ4v) is 3.35. The van der Waals surface area contributed by atoms with Crippen LogP contribution in [0.25, 0.3) is 0 Å². The van der Waals surface area contributed by atoms with Crippen LogP contribution in [0.2, 0.25) is 0 Å². The van der Waals surface area contributed by atoms with Crippen molar-refractivity contribution in [3.8, 4) is 5.75 Å². The summed E-state index contributed by atoms with van der Waals surface area (Å²) in [6.45, 7) is 4.39. The van der Waals surface area contributed by atoms with Crippen LogP contribution in [-0.2, 0) is 6.42 Å². The molecular weight excluding hydrogens is 284 g/mol. The van der Waals surface area contributed by atoms with Gasteiger partial charge in [0.25, 0.3) is 0 Å². The molecule has 2 aromatic rings. The van der Waals surface area contributed by atoms with Gasteiger partial charge in [-0.15, -0.1) is 10.2 Å². The summed E-state index contributed by atoms with van der Waals surface area (Å²) in [7, 11) is 1.69. The number of benzene rings is 1. The number of hydrogen-bond donors (Lipinski definition) is 1. The number of aromatic nitrogens is 3. The standard InChI is InChI=1S/C15H20N4OS/c1-10(2)8-14-16-17-15-19(14)18-13(9-21-15)11-4-6-12(20-3)7-5-11/h4-7,10,13,18H,8-9H2,1-3H3. The summed E-state index contributed by atoms with van der Waals surface area (Å²) in [4.78, 5) is 0. The van der Waals surface area contributed by atoms with Crippen LogP contribution < -0.4 is 10.2 Å². The second kappa shape index (κ2) is 5.97. The average molecular weight is 304 g/mol. The van der Waals surface area contributed by atoms with Gasteiger partial charge in [-0.25, -0.2) is 4.68 Å². The molecule has 1 aromatic heterocycles. The summed E-state index contributed by atoms with van der Waals surface area (Å²) < 4.78 is 7.26. The molecule has 1 aromatic carbocycles. The van der Waals surface area contributed by atoms with Gasteiger partial charge in [-0.3, -0.25) is 0 Å². The lowest BCUT2D eigenvalue weighted by Gasteiger charge is -2.26. The molecule has 1 unspecified atom stereocenters. The molecule has 1 aliphatic rings. The molecule has 3 rings (SSSR count). The van der Waals surface area contributed by atoms with Crippen LogP contribution in [-0.4, -0.2) is 27.7 Å². The number of hydrogen-bond acceptors (Lipinski definition) is 5. The number of nitrogens with one attached hydrogen (secondary N) is 1. The van der Waals surface area contributed by atoms with Crippen LogP contribution in [0.5, 0.6) is 5.75 Å². The Morgan fingerprint density at radius 3 is 2.76 bits per heavy atom. The summed E-state index contributed by atoms with van der Waals surface area (Å²) in [5.74, 6) is 3.40. The van der Waals surface area contributed by atoms with Gasteiger partial charge in [-0.05, 0) is 23.6 Å². The van der Waals surface area contributed by atoms with Crippen molar-refractivity contribution in [2.45, 2.75) is 31.5 Å². The predicted octanol–water partition coefficient (Wildman–Crippen LogP) is 2.88. The maximum atomic E-state index is 5.21. The lowest BCUT2D eigenvalue weighted by molar-refractivity contribution is 0.414. The van der Waals surface area contributed by atoms with Gasteiger partial charge in [0.2, 0.25) is 5.16 Å². The van der Waals surface area contributed by atoms with Crippen molar-refractivity contribution in [3.63, 3.8) is 0 Å². The van der Waals surface area contributed by atoms with Crippen molar-refractivity contribution in [2.24, 2.45) is 5.92 Å². The lowest BCUT2D eigenvalue weighted by Crippen LogP contribution is -2.29. The van der Waals surface area contributed by atoms with Gasteiger partial charge in [0.1, 0.15) is 5.75 Å². The summed E-state index contributed by atoms with van der Waals surface area (Å²) in [6.07, 6.45) is 0.926. The molecule has 0 aliphatic carbocycles. The van der Waals surface area contributed by atoms with E-state index >= 15 is 0 Å². The Labute approximate surface area is 129 Å². The topological polar surface area (TPSA) is 52.0 Å². The molecule has 0 radical (unpaired) electrons. The number of thioether (sulfide) groups is 1. The van der Waals surface area contributed by atoms with E-state index in [1.807, 2.05) is 16.8 Å². The molecule has 0 amide bonds. The molecule has 6 heteroatoms. The van der Waals surface area contributed by atoms with E-state index in [4.69, 9.17) is 4.74 Å². The summed E-state index contributed by atoms with van der Waals surface area (Å²) in [6, 6.07) is 8.47. The first-order valence-corrected chi connectivity index (χ1v) is 8.13. The van der Waals surface area contributed by atoms with Crippen LogP contribution in [0.1, 0.15) is 31.3 Å². The van der Waals surface area contributed by atoms with E-state index in [-0.39, 0.29) is 6.04 Å². The summed E-state index contributed by atoms with van der Waals surface area (Å²) in [5.41, 5.74) is 4.78. The van der Waals surface area contributed by atoms with E-state index < -0.39 is 0 Å². The third-order valence-electron chi connectivity index (χ3n) is 3.47. The minimum atomic E-state index is 0.260. The van der Waals surface area contributed by atoms with Gasteiger partial charge in [0.15, 0.2) is 5.82 Å². The highest BCUT2D eigenvalue weighted by atomic mass is 32.2. The van der Waals surface area contributed by atoms with Gasteiger partial charge < -0.3 is 10.2 Å². The zero-order valence-electron chi connectivity index (χ0n) is 12.5. The molecule has 0 bridgehead atoms. The molecule has 1 atom stereocenters. The molecule has 5 nitrogen and oxygen atoms in total. The van der Waals surface area contributed by atoms with Crippen molar-refractivity contribution >= 4 is 11.8 Å². The predicted molar refractivity (Wildman–Crippen MR) is 84.4 cm³/mol. The van der Waals surface area contributed by atoms with E-state index in [1.165, 1.54) is 5.56 Å². The molecule has 2 heterocycles. The Balaban J connectivity index is 1.80. The highest BCUT2D eigenvalue weighted by Crippen LogP contribution is 2.30. The van der Waals surface area contributed by atoms with E-state index in [2.05, 4.69) is 41.6 Å². The highest BCUT2D eigenvalue weighted by molar-refractivity contribution is 7.99. The minimum Gasteiger partial charge on any atom is -0.497 e. The van der Waals surface area contributed by atoms with E-state index in [0.29, 0.717) is 5.92 Å². The third-order valence-corrected chi connectivity index (χ3v) is 4.50. The lowest BCUT2D eigenvalue weighted by atomic mass is 10.1. The summed E-state index contributed by atoms with van der Waals surface area (Å²) >= 11 is 1.75. The van der Waals surface area contributed by atoms with Crippen molar-refractivity contribution in [1.29, 1.82) is 0 Å². The number of rotatable bonds is 4. The second-order valence-corrected chi connectivity index (χ2v) is 6.59. The molecule has 112 valence electrons. The Kier molecular flexibility index (Phi) is 4.05. The zero-order valence-corrected chi connectivity index (χ0v) is 13.4. The number of nitrogens with zero attached hydrogens (tertiary/aromatic N) is 3. The van der Waals surface area contributed by atoms with E-state index in [9.17, 15) is 0 Å². The molecular formula is C15H20N4OS. The second-order valence-electron chi connectivity index (χ2n) is 5.60. The van der Waals surface area contributed by atoms with E-state index in [0.717, 1.165) is 28.9 Å². The number of methoxy groups -OCH3 is 1. The summed E-state index contributed by atoms with van der Waals surface area (Å²) in [5, 5.41) is 9.52. The first-order chi connectivity index (χ1) is 10.2. The fraction of sp³-hybridized carbons (Fsp3) is 0.467. The molecule has 21 heavy (non-hydrogen) atoms. The van der Waals surface area contributed by atoms with Crippen molar-refractivity contribution in [2.75, 3.05) is 18.3 Å². The van der Waals surface area contributed by atoms with Gasteiger partial charge in [-0.2, -0.15) is 0 Å². The highest BCUT2D eigenvalue weighted by Gasteiger charge is 2.24. The van der Waals surface area contributed by atoms with Crippen LogP contribution in [0.15, 0.2) is 29.4 Å². The maximum absolute atomic E-state index is 5.21. The van der Waals surface area contributed by atoms with Gasteiger partial charge in [0.05, 0.1) is 13.2 Å². The van der Waals surface area contributed by atoms with Crippen LogP contribution >= 0.6 is 11.8 Å². The largest absolute Gasteiger partial charge is 0.497 e. The smallest absolute Gasteiger partial charge is 0.210 e. The SMILES string of the molecule is COc1ccc(C2CSc3nnc(CC(C)C)n3N2)cc1. The molecule has 0 saturated carbocycles. The molecule has 0 saturated heterocycles. The molecule has 0 fully saturated rings. The van der Waals surface area contributed by atoms with E-state index in [1.54, 1.807) is 18.9 Å². The Morgan fingerprint density at radius 1 is 1.33 bits per heavy atom. The molecule has 0 spiro atoms. The van der Waals surface area contributed by atoms with Gasteiger partial charge in [0, 0.05) is 12.2 Å². The quantitative estimate of drug-likeness (QED) is 0.941. The van der Waals surface area contributed by atoms with Crippen LogP contribution in [0.4, 0.5) is 0 Å².